The number of fused-ring (bicyclic) bond motifs is 1. The monoisotopic (exact) mass is 412 g/mol. The van der Waals surface area contributed by atoms with Gasteiger partial charge in [-0.3, -0.25) is 0 Å². The van der Waals surface area contributed by atoms with E-state index in [4.69, 9.17) is 4.74 Å². The lowest BCUT2D eigenvalue weighted by Gasteiger charge is -2.57. The predicted octanol–water partition coefficient (Wildman–Crippen LogP) is 6.68. The van der Waals surface area contributed by atoms with Gasteiger partial charge in [0.2, 0.25) is 0 Å². The van der Waals surface area contributed by atoms with Gasteiger partial charge in [-0.05, 0) is 95.7 Å². The average molecular weight is 413 g/mol. The molecular formula is C28H28O3. The summed E-state index contributed by atoms with van der Waals surface area (Å²) in [6.45, 7) is 0. The second-order valence-electron chi connectivity index (χ2n) is 10.1. The fraction of sp³-hybridized carbons (Fsp3) is 0.393. The number of carboxylic acids is 1. The second-order valence-corrected chi connectivity index (χ2v) is 10.1. The van der Waals surface area contributed by atoms with E-state index in [0.717, 1.165) is 39.7 Å². The summed E-state index contributed by atoms with van der Waals surface area (Å²) in [6, 6.07) is 18.6. The Morgan fingerprint density at radius 3 is 2.19 bits per heavy atom. The van der Waals surface area contributed by atoms with E-state index in [1.54, 1.807) is 7.11 Å². The van der Waals surface area contributed by atoms with Crippen molar-refractivity contribution in [3.05, 3.63) is 65.7 Å². The molecule has 0 saturated heterocycles. The fourth-order valence-corrected chi connectivity index (χ4v) is 7.44. The third-order valence-electron chi connectivity index (χ3n) is 8.27. The zero-order valence-corrected chi connectivity index (χ0v) is 17.9. The number of methoxy groups -OCH3 is 1. The Morgan fingerprint density at radius 1 is 0.903 bits per heavy atom. The van der Waals surface area contributed by atoms with Gasteiger partial charge in [-0.15, -0.1) is 0 Å². The Hall–Kier alpha value is -2.81. The molecule has 4 saturated carbocycles. The molecule has 0 aromatic heterocycles. The van der Waals surface area contributed by atoms with E-state index in [2.05, 4.69) is 24.3 Å². The molecule has 3 aromatic carbocycles. The zero-order chi connectivity index (χ0) is 21.2. The highest BCUT2D eigenvalue weighted by Gasteiger charge is 2.52. The van der Waals surface area contributed by atoms with Crippen molar-refractivity contribution in [3.8, 4) is 16.9 Å². The van der Waals surface area contributed by atoms with Crippen molar-refractivity contribution in [2.75, 3.05) is 7.11 Å². The van der Waals surface area contributed by atoms with Crippen molar-refractivity contribution in [2.45, 2.75) is 43.9 Å². The minimum absolute atomic E-state index is 0.179. The van der Waals surface area contributed by atoms with Crippen molar-refractivity contribution < 1.29 is 14.6 Å². The van der Waals surface area contributed by atoms with Crippen LogP contribution in [-0.2, 0) is 5.41 Å². The van der Waals surface area contributed by atoms with E-state index >= 15 is 0 Å². The Bertz CT molecular complexity index is 1150. The summed E-state index contributed by atoms with van der Waals surface area (Å²) < 4.78 is 5.70. The first-order valence-electron chi connectivity index (χ1n) is 11.5. The summed E-state index contributed by atoms with van der Waals surface area (Å²) >= 11 is 0. The molecule has 0 spiro atoms. The van der Waals surface area contributed by atoms with Gasteiger partial charge in [0, 0.05) is 5.56 Å². The molecule has 4 aliphatic rings. The minimum atomic E-state index is -0.933. The van der Waals surface area contributed by atoms with Gasteiger partial charge in [0.05, 0.1) is 7.11 Å². The minimum Gasteiger partial charge on any atom is -0.496 e. The topological polar surface area (TPSA) is 46.5 Å². The highest BCUT2D eigenvalue weighted by atomic mass is 16.5. The van der Waals surface area contributed by atoms with Gasteiger partial charge in [-0.25, -0.2) is 4.79 Å². The Labute approximate surface area is 183 Å². The van der Waals surface area contributed by atoms with Crippen LogP contribution in [0.25, 0.3) is 21.9 Å². The summed E-state index contributed by atoms with van der Waals surface area (Å²) in [5, 5.41) is 12.4. The number of rotatable bonds is 4. The molecule has 1 N–H and O–H groups in total. The van der Waals surface area contributed by atoms with Crippen LogP contribution in [0.4, 0.5) is 0 Å². The van der Waals surface area contributed by atoms with Crippen molar-refractivity contribution in [1.29, 1.82) is 0 Å². The zero-order valence-electron chi connectivity index (χ0n) is 17.9. The maximum Gasteiger partial charge on any atom is 0.340 e. The highest BCUT2D eigenvalue weighted by Crippen LogP contribution is 2.61. The summed E-state index contributed by atoms with van der Waals surface area (Å²) in [5.41, 5.74) is 3.50. The Balaban J connectivity index is 1.60. The van der Waals surface area contributed by atoms with Gasteiger partial charge in [-0.2, -0.15) is 0 Å². The number of carbonyl (C=O) groups is 1. The predicted molar refractivity (Wildman–Crippen MR) is 123 cm³/mol. The molecular weight excluding hydrogens is 384 g/mol. The molecule has 0 aliphatic heterocycles. The summed E-state index contributed by atoms with van der Waals surface area (Å²) in [7, 11) is 1.60. The van der Waals surface area contributed by atoms with Crippen LogP contribution in [0.15, 0.2) is 54.6 Å². The van der Waals surface area contributed by atoms with Crippen molar-refractivity contribution in [1.82, 2.24) is 0 Å². The Morgan fingerprint density at radius 2 is 1.55 bits per heavy atom. The number of hydrogen-bond acceptors (Lipinski definition) is 2. The molecule has 3 heteroatoms. The number of benzene rings is 3. The van der Waals surface area contributed by atoms with Gasteiger partial charge in [0.1, 0.15) is 11.3 Å². The van der Waals surface area contributed by atoms with Crippen LogP contribution < -0.4 is 4.74 Å². The SMILES string of the molecule is COc1cc(C23CC4CC(CC(C4)C2)C3)cc(-c2cccc3ccccc23)c1C(=O)O. The van der Waals surface area contributed by atoms with Crippen LogP contribution in [0.1, 0.15) is 54.4 Å². The van der Waals surface area contributed by atoms with Crippen molar-refractivity contribution in [2.24, 2.45) is 17.8 Å². The van der Waals surface area contributed by atoms with Gasteiger partial charge >= 0.3 is 5.97 Å². The van der Waals surface area contributed by atoms with Gasteiger partial charge in [-0.1, -0.05) is 42.5 Å². The largest absolute Gasteiger partial charge is 0.496 e. The average Bonchev–Trinajstić information content (AvgIpc) is 2.76. The van der Waals surface area contributed by atoms with E-state index in [0.29, 0.717) is 5.75 Å². The van der Waals surface area contributed by atoms with Crippen molar-refractivity contribution >= 4 is 16.7 Å². The maximum absolute atomic E-state index is 12.4. The first kappa shape index (κ1) is 18.9. The molecule has 4 bridgehead atoms. The first-order valence-corrected chi connectivity index (χ1v) is 11.5. The maximum atomic E-state index is 12.4. The second kappa shape index (κ2) is 6.85. The molecule has 3 nitrogen and oxygen atoms in total. The molecule has 0 unspecified atom stereocenters. The number of carboxylic acid groups (broad SMARTS) is 1. The lowest BCUT2D eigenvalue weighted by Crippen LogP contribution is -2.48. The molecule has 31 heavy (non-hydrogen) atoms. The third kappa shape index (κ3) is 2.90. The normalized spacial score (nSPS) is 28.7. The molecule has 0 amide bonds. The number of hydrogen-bond donors (Lipinski definition) is 1. The van der Waals surface area contributed by atoms with E-state index in [9.17, 15) is 9.90 Å². The van der Waals surface area contributed by atoms with Crippen LogP contribution in [0, 0.1) is 17.8 Å². The fourth-order valence-electron chi connectivity index (χ4n) is 7.44. The van der Waals surface area contributed by atoms with Gasteiger partial charge in [0.25, 0.3) is 0 Å². The van der Waals surface area contributed by atoms with Crippen LogP contribution in [0.5, 0.6) is 5.75 Å². The van der Waals surface area contributed by atoms with E-state index in [1.807, 2.05) is 30.3 Å². The summed E-state index contributed by atoms with van der Waals surface area (Å²) in [4.78, 5) is 12.4. The van der Waals surface area contributed by atoms with Gasteiger partial charge < -0.3 is 9.84 Å². The lowest BCUT2D eigenvalue weighted by molar-refractivity contribution is -0.00527. The van der Waals surface area contributed by atoms with Crippen LogP contribution in [0.3, 0.4) is 0 Å². The molecule has 4 fully saturated rings. The molecule has 158 valence electrons. The van der Waals surface area contributed by atoms with E-state index in [-0.39, 0.29) is 11.0 Å². The molecule has 0 atom stereocenters. The smallest absolute Gasteiger partial charge is 0.340 e. The number of aromatic carboxylic acids is 1. The third-order valence-corrected chi connectivity index (χ3v) is 8.27. The van der Waals surface area contributed by atoms with Crippen molar-refractivity contribution in [3.63, 3.8) is 0 Å². The standard InChI is InChI=1S/C28H28O3/c1-31-25-13-21(28-14-17-9-18(15-28)11-19(10-17)16-28)12-24(26(25)27(29)30)23-8-4-6-20-5-2-3-7-22(20)23/h2-8,12-13,17-19H,9-11,14-16H2,1H3,(H,29,30). The molecule has 0 heterocycles. The molecule has 3 aromatic rings. The molecule has 7 rings (SSSR count). The van der Waals surface area contributed by atoms with Crippen LogP contribution in [0.2, 0.25) is 0 Å². The van der Waals surface area contributed by atoms with Crippen LogP contribution >= 0.6 is 0 Å². The van der Waals surface area contributed by atoms with E-state index in [1.165, 1.54) is 44.1 Å². The van der Waals surface area contributed by atoms with Gasteiger partial charge in [0.15, 0.2) is 0 Å². The van der Waals surface area contributed by atoms with Crippen LogP contribution in [-0.4, -0.2) is 18.2 Å². The summed E-state index contributed by atoms with van der Waals surface area (Å²) in [5.74, 6) is 2.05. The molecule has 0 radical (unpaired) electrons. The first-order chi connectivity index (χ1) is 15.1. The summed E-state index contributed by atoms with van der Waals surface area (Å²) in [6.07, 6.45) is 7.88. The molecule has 4 aliphatic carbocycles. The number of ether oxygens (including phenoxy) is 1. The Kier molecular flexibility index (Phi) is 4.18. The highest BCUT2D eigenvalue weighted by molar-refractivity contribution is 6.05. The quantitative estimate of drug-likeness (QED) is 0.520. The lowest BCUT2D eigenvalue weighted by atomic mass is 9.48. The van der Waals surface area contributed by atoms with E-state index < -0.39 is 5.97 Å².